The number of rotatable bonds is 5. The number of hydrogen-bond acceptors (Lipinski definition) is 3. The quantitative estimate of drug-likeness (QED) is 0.853. The maximum Gasteiger partial charge on any atom is 0.124 e. The molecule has 94 valence electrons. The van der Waals surface area contributed by atoms with Crippen LogP contribution in [-0.2, 0) is 4.74 Å². The van der Waals surface area contributed by atoms with Crippen molar-refractivity contribution in [3.05, 3.63) is 29.8 Å². The lowest BCUT2D eigenvalue weighted by Crippen LogP contribution is -2.15. The number of hydrogen-bond donors (Lipinski definition) is 1. The van der Waals surface area contributed by atoms with Gasteiger partial charge in [-0.05, 0) is 18.9 Å². The summed E-state index contributed by atoms with van der Waals surface area (Å²) in [5, 5.41) is 0. The minimum absolute atomic E-state index is 0.0611. The van der Waals surface area contributed by atoms with Crippen molar-refractivity contribution in [3.8, 4) is 5.75 Å². The first-order valence-electron chi connectivity index (χ1n) is 6.36. The average molecular weight is 235 g/mol. The molecular formula is C14H21NO2. The van der Waals surface area contributed by atoms with Gasteiger partial charge in [-0.2, -0.15) is 0 Å². The molecule has 1 heterocycles. The molecule has 2 N–H and O–H groups in total. The number of para-hydroxylation sites is 1. The van der Waals surface area contributed by atoms with Crippen LogP contribution in [0.4, 0.5) is 0 Å². The van der Waals surface area contributed by atoms with Crippen LogP contribution in [0.2, 0.25) is 0 Å². The number of benzene rings is 1. The van der Waals surface area contributed by atoms with Crippen molar-refractivity contribution in [2.24, 2.45) is 11.7 Å². The van der Waals surface area contributed by atoms with Gasteiger partial charge < -0.3 is 15.2 Å². The first kappa shape index (κ1) is 12.4. The van der Waals surface area contributed by atoms with Crippen LogP contribution in [0, 0.1) is 5.92 Å². The molecule has 1 aliphatic heterocycles. The van der Waals surface area contributed by atoms with Gasteiger partial charge in [-0.1, -0.05) is 25.1 Å². The van der Waals surface area contributed by atoms with Gasteiger partial charge in [-0.3, -0.25) is 0 Å². The van der Waals surface area contributed by atoms with E-state index in [4.69, 9.17) is 15.2 Å². The van der Waals surface area contributed by atoms with Gasteiger partial charge in [-0.15, -0.1) is 0 Å². The van der Waals surface area contributed by atoms with E-state index in [1.807, 2.05) is 18.2 Å². The molecule has 2 atom stereocenters. The van der Waals surface area contributed by atoms with E-state index in [-0.39, 0.29) is 6.04 Å². The molecule has 0 saturated carbocycles. The second-order valence-corrected chi connectivity index (χ2v) is 4.59. The monoisotopic (exact) mass is 235 g/mol. The summed E-state index contributed by atoms with van der Waals surface area (Å²) < 4.78 is 11.2. The molecule has 2 rings (SSSR count). The summed E-state index contributed by atoms with van der Waals surface area (Å²) in [5.41, 5.74) is 7.18. The first-order valence-corrected chi connectivity index (χ1v) is 6.36. The van der Waals surface area contributed by atoms with E-state index in [9.17, 15) is 0 Å². The molecule has 0 amide bonds. The Bertz CT molecular complexity index is 348. The normalized spacial score (nSPS) is 21.4. The molecule has 1 aliphatic rings. The SMILES string of the molecule is CC[C@H](N)c1ccccc1OCC1CCOC1. The van der Waals surface area contributed by atoms with Crippen molar-refractivity contribution >= 4 is 0 Å². The van der Waals surface area contributed by atoms with Gasteiger partial charge in [0.05, 0.1) is 13.2 Å². The Hall–Kier alpha value is -1.06. The van der Waals surface area contributed by atoms with E-state index in [1.165, 1.54) is 0 Å². The van der Waals surface area contributed by atoms with Gasteiger partial charge in [0.15, 0.2) is 0 Å². The summed E-state index contributed by atoms with van der Waals surface area (Å²) in [6.45, 7) is 4.51. The smallest absolute Gasteiger partial charge is 0.124 e. The summed E-state index contributed by atoms with van der Waals surface area (Å²) in [6.07, 6.45) is 2.02. The molecule has 1 fully saturated rings. The highest BCUT2D eigenvalue weighted by Crippen LogP contribution is 2.26. The van der Waals surface area contributed by atoms with E-state index in [2.05, 4.69) is 13.0 Å². The van der Waals surface area contributed by atoms with Crippen molar-refractivity contribution in [1.29, 1.82) is 0 Å². The van der Waals surface area contributed by atoms with Gasteiger partial charge in [0.2, 0.25) is 0 Å². The summed E-state index contributed by atoms with van der Waals surface area (Å²) in [6, 6.07) is 8.11. The van der Waals surface area contributed by atoms with Crippen molar-refractivity contribution in [2.45, 2.75) is 25.8 Å². The van der Waals surface area contributed by atoms with Crippen LogP contribution in [0.15, 0.2) is 24.3 Å². The largest absolute Gasteiger partial charge is 0.493 e. The van der Waals surface area contributed by atoms with E-state index < -0.39 is 0 Å². The second-order valence-electron chi connectivity index (χ2n) is 4.59. The predicted molar refractivity (Wildman–Crippen MR) is 68.1 cm³/mol. The van der Waals surface area contributed by atoms with Crippen LogP contribution >= 0.6 is 0 Å². The number of ether oxygens (including phenoxy) is 2. The fourth-order valence-corrected chi connectivity index (χ4v) is 2.06. The molecule has 3 heteroatoms. The third kappa shape index (κ3) is 3.20. The molecule has 3 nitrogen and oxygen atoms in total. The lowest BCUT2D eigenvalue weighted by atomic mass is 10.0. The third-order valence-corrected chi connectivity index (χ3v) is 3.26. The van der Waals surface area contributed by atoms with Crippen molar-refractivity contribution in [2.75, 3.05) is 19.8 Å². The van der Waals surface area contributed by atoms with Gasteiger partial charge in [0, 0.05) is 24.1 Å². The van der Waals surface area contributed by atoms with Crippen LogP contribution in [0.1, 0.15) is 31.4 Å². The maximum absolute atomic E-state index is 6.07. The summed E-state index contributed by atoms with van der Waals surface area (Å²) in [5.74, 6) is 1.45. The highest BCUT2D eigenvalue weighted by atomic mass is 16.5. The molecule has 1 saturated heterocycles. The minimum atomic E-state index is 0.0611. The molecule has 0 aromatic heterocycles. The molecule has 17 heavy (non-hydrogen) atoms. The average Bonchev–Trinajstić information content (AvgIpc) is 2.89. The molecule has 0 bridgehead atoms. The van der Waals surface area contributed by atoms with Gasteiger partial charge in [0.25, 0.3) is 0 Å². The molecule has 0 aliphatic carbocycles. The van der Waals surface area contributed by atoms with Crippen molar-refractivity contribution < 1.29 is 9.47 Å². The Kier molecular flexibility index (Phi) is 4.40. The standard InChI is InChI=1S/C14H21NO2/c1-2-13(15)12-5-3-4-6-14(12)17-10-11-7-8-16-9-11/h3-6,11,13H,2,7-10,15H2,1H3/t11?,13-/m0/s1. The second kappa shape index (κ2) is 6.03. The molecule has 0 radical (unpaired) electrons. The fourth-order valence-electron chi connectivity index (χ4n) is 2.06. The summed E-state index contributed by atoms with van der Waals surface area (Å²) in [7, 11) is 0. The Morgan fingerprint density at radius 2 is 2.29 bits per heavy atom. The molecule has 1 unspecified atom stereocenters. The van der Waals surface area contributed by atoms with Gasteiger partial charge >= 0.3 is 0 Å². The molecule has 1 aromatic rings. The molecule has 1 aromatic carbocycles. The Labute approximate surface area is 103 Å². The molecular weight excluding hydrogens is 214 g/mol. The fraction of sp³-hybridized carbons (Fsp3) is 0.571. The Balaban J connectivity index is 1.98. The lowest BCUT2D eigenvalue weighted by Gasteiger charge is -2.17. The van der Waals surface area contributed by atoms with Crippen LogP contribution < -0.4 is 10.5 Å². The topological polar surface area (TPSA) is 44.5 Å². The van der Waals surface area contributed by atoms with E-state index >= 15 is 0 Å². The predicted octanol–water partition coefficient (Wildman–Crippen LogP) is 2.51. The number of nitrogens with two attached hydrogens (primary N) is 1. The van der Waals surface area contributed by atoms with Gasteiger partial charge in [0.1, 0.15) is 5.75 Å². The zero-order chi connectivity index (χ0) is 12.1. The summed E-state index contributed by atoms with van der Waals surface area (Å²) >= 11 is 0. The highest BCUT2D eigenvalue weighted by Gasteiger charge is 2.17. The van der Waals surface area contributed by atoms with Gasteiger partial charge in [-0.25, -0.2) is 0 Å². The van der Waals surface area contributed by atoms with Crippen LogP contribution in [0.5, 0.6) is 5.75 Å². The summed E-state index contributed by atoms with van der Waals surface area (Å²) in [4.78, 5) is 0. The lowest BCUT2D eigenvalue weighted by molar-refractivity contribution is 0.166. The minimum Gasteiger partial charge on any atom is -0.493 e. The Morgan fingerprint density at radius 3 is 3.00 bits per heavy atom. The zero-order valence-electron chi connectivity index (χ0n) is 10.4. The van der Waals surface area contributed by atoms with Crippen LogP contribution in [-0.4, -0.2) is 19.8 Å². The van der Waals surface area contributed by atoms with E-state index in [0.29, 0.717) is 5.92 Å². The maximum atomic E-state index is 6.07. The van der Waals surface area contributed by atoms with Crippen molar-refractivity contribution in [1.82, 2.24) is 0 Å². The zero-order valence-corrected chi connectivity index (χ0v) is 10.4. The molecule has 0 spiro atoms. The highest BCUT2D eigenvalue weighted by molar-refractivity contribution is 5.35. The van der Waals surface area contributed by atoms with Crippen LogP contribution in [0.25, 0.3) is 0 Å². The third-order valence-electron chi connectivity index (χ3n) is 3.26. The van der Waals surface area contributed by atoms with E-state index in [0.717, 1.165) is 44.0 Å². The first-order chi connectivity index (χ1) is 8.31. The Morgan fingerprint density at radius 1 is 1.47 bits per heavy atom. The van der Waals surface area contributed by atoms with Crippen molar-refractivity contribution in [3.63, 3.8) is 0 Å². The van der Waals surface area contributed by atoms with Crippen LogP contribution in [0.3, 0.4) is 0 Å². The van der Waals surface area contributed by atoms with E-state index in [1.54, 1.807) is 0 Å².